The number of aliphatic hydroxyl groups excluding tert-OH is 2. The van der Waals surface area contributed by atoms with Crippen LogP contribution in [-0.4, -0.2) is 70.2 Å². The number of oxime groups is 1. The van der Waals surface area contributed by atoms with Gasteiger partial charge in [0.25, 0.3) is 0 Å². The lowest BCUT2D eigenvalue weighted by Crippen LogP contribution is -2.70. The molecule has 6 atom stereocenters. The highest BCUT2D eigenvalue weighted by Gasteiger charge is 2.66. The standard InChI is InChI=1S/C53H61N3O9/c1-3-26-63-53-49(56(52(59)38-19-20-38)31-37-18-22-47-48(27-37)62-34-61-47)30-45(55-64-32-36-13-5-4-6-14-36)43-28-39(15-7-9-24-57)42(17-8-10-25-58)50(51(43)53)44-29-41(21-23-46(44)65-53)60-33-40-16-11-12-35(2)54-40/h3-6,11-14,16,18,21-23,27-29,38-39,42,49-51,57-58H,1,7-10,15,17,19-20,24-26,30-34H2,2H3/t39-,42+,49-,50+,51+,53+/m0/s1. The van der Waals surface area contributed by atoms with Gasteiger partial charge in [0.1, 0.15) is 30.8 Å². The Morgan fingerprint density at radius 3 is 2.49 bits per heavy atom. The molecule has 0 unspecified atom stereocenters. The van der Waals surface area contributed by atoms with Crippen LogP contribution in [0, 0.1) is 30.6 Å². The molecule has 3 heterocycles. The largest absolute Gasteiger partial charge is 0.487 e. The van der Waals surface area contributed by atoms with Crippen LogP contribution in [0.3, 0.4) is 0 Å². The molecule has 2 fully saturated rings. The maximum absolute atomic E-state index is 15.0. The van der Waals surface area contributed by atoms with E-state index in [1.54, 1.807) is 6.08 Å². The van der Waals surface area contributed by atoms with E-state index in [1.807, 2.05) is 90.7 Å². The Hall–Kier alpha value is -5.69. The summed E-state index contributed by atoms with van der Waals surface area (Å²) in [6, 6.07) is 27.2. The summed E-state index contributed by atoms with van der Waals surface area (Å²) >= 11 is 0. The number of aryl methyl sites for hydroxylation is 1. The van der Waals surface area contributed by atoms with E-state index in [9.17, 15) is 10.2 Å². The van der Waals surface area contributed by atoms with E-state index in [-0.39, 0.29) is 69.3 Å². The van der Waals surface area contributed by atoms with Crippen molar-refractivity contribution in [2.75, 3.05) is 26.6 Å². The minimum Gasteiger partial charge on any atom is -0.487 e. The summed E-state index contributed by atoms with van der Waals surface area (Å²) in [5.41, 5.74) is 6.38. The molecule has 9 rings (SSSR count). The van der Waals surface area contributed by atoms with E-state index >= 15 is 4.79 Å². The molecule has 0 bridgehead atoms. The quantitative estimate of drug-likeness (QED) is 0.0473. The van der Waals surface area contributed by atoms with Crippen LogP contribution in [0.4, 0.5) is 0 Å². The normalized spacial score (nSPS) is 24.3. The zero-order valence-electron chi connectivity index (χ0n) is 37.3. The number of aromatic nitrogens is 1. The van der Waals surface area contributed by atoms with Crippen molar-refractivity contribution in [3.8, 4) is 23.0 Å². The summed E-state index contributed by atoms with van der Waals surface area (Å²) in [6.45, 7) is 7.46. The first-order chi connectivity index (χ1) is 31.9. The smallest absolute Gasteiger partial charge is 0.239 e. The van der Waals surface area contributed by atoms with Crippen molar-refractivity contribution in [2.45, 2.75) is 102 Å². The molecule has 5 aliphatic rings. The second kappa shape index (κ2) is 20.2. The molecular formula is C53H61N3O9. The summed E-state index contributed by atoms with van der Waals surface area (Å²) < 4.78 is 32.7. The van der Waals surface area contributed by atoms with E-state index in [0.717, 1.165) is 77.9 Å². The fourth-order valence-corrected chi connectivity index (χ4v) is 10.5. The summed E-state index contributed by atoms with van der Waals surface area (Å²) in [7, 11) is 0. The number of carbonyl (C=O) groups excluding carboxylic acids is 1. The number of pyridine rings is 1. The number of ether oxygens (including phenoxy) is 5. The Balaban J connectivity index is 1.21. The van der Waals surface area contributed by atoms with Gasteiger partial charge in [-0.05, 0) is 116 Å². The molecule has 1 aromatic heterocycles. The lowest BCUT2D eigenvalue weighted by Gasteiger charge is -2.60. The molecule has 2 N–H and O–H groups in total. The summed E-state index contributed by atoms with van der Waals surface area (Å²) in [4.78, 5) is 28.0. The molecule has 2 saturated carbocycles. The second-order valence-electron chi connectivity index (χ2n) is 18.0. The molecule has 3 aromatic carbocycles. The number of nitrogens with zero attached hydrogens (tertiary/aromatic N) is 3. The van der Waals surface area contributed by atoms with Gasteiger partial charge in [0.2, 0.25) is 18.5 Å². The van der Waals surface area contributed by atoms with Crippen molar-refractivity contribution in [3.63, 3.8) is 0 Å². The fourth-order valence-electron chi connectivity index (χ4n) is 10.5. The van der Waals surface area contributed by atoms with E-state index in [1.165, 1.54) is 0 Å². The van der Waals surface area contributed by atoms with Crippen molar-refractivity contribution < 1.29 is 43.5 Å². The third kappa shape index (κ3) is 9.67. The molecule has 1 amide bonds. The highest BCUT2D eigenvalue weighted by atomic mass is 16.7. The number of aliphatic hydroxyl groups is 2. The average Bonchev–Trinajstić information content (AvgIpc) is 4.07. The first-order valence-corrected chi connectivity index (χ1v) is 23.4. The van der Waals surface area contributed by atoms with Crippen LogP contribution in [0.5, 0.6) is 23.0 Å². The number of allylic oxidation sites excluding steroid dienone is 1. The Morgan fingerprint density at radius 1 is 0.908 bits per heavy atom. The molecule has 342 valence electrons. The van der Waals surface area contributed by atoms with Crippen molar-refractivity contribution >= 4 is 11.6 Å². The number of benzene rings is 3. The van der Waals surface area contributed by atoms with Crippen LogP contribution in [0.25, 0.3) is 0 Å². The van der Waals surface area contributed by atoms with Crippen LogP contribution in [0.15, 0.2) is 114 Å². The molecule has 0 radical (unpaired) electrons. The number of amides is 1. The molecule has 4 aromatic rings. The van der Waals surface area contributed by atoms with E-state index in [2.05, 4.69) is 23.7 Å². The van der Waals surface area contributed by atoms with Crippen LogP contribution >= 0.6 is 0 Å². The van der Waals surface area contributed by atoms with Gasteiger partial charge in [-0.3, -0.25) is 9.78 Å². The van der Waals surface area contributed by atoms with Crippen molar-refractivity contribution in [1.82, 2.24) is 9.88 Å². The molecule has 65 heavy (non-hydrogen) atoms. The zero-order chi connectivity index (χ0) is 44.8. The Bertz CT molecular complexity index is 2370. The molecule has 3 aliphatic carbocycles. The predicted octanol–water partition coefficient (Wildman–Crippen LogP) is 8.97. The van der Waals surface area contributed by atoms with Crippen LogP contribution in [-0.2, 0) is 34.1 Å². The molecule has 12 nitrogen and oxygen atoms in total. The summed E-state index contributed by atoms with van der Waals surface area (Å²) in [6.07, 6.45) is 10.7. The van der Waals surface area contributed by atoms with E-state index in [0.29, 0.717) is 48.9 Å². The Morgan fingerprint density at radius 2 is 1.71 bits per heavy atom. The average molecular weight is 884 g/mol. The van der Waals surface area contributed by atoms with Gasteiger partial charge in [-0.1, -0.05) is 72.6 Å². The lowest BCUT2D eigenvalue weighted by molar-refractivity contribution is -0.258. The van der Waals surface area contributed by atoms with Crippen molar-refractivity contribution in [3.05, 3.63) is 137 Å². The first kappa shape index (κ1) is 44.5. The van der Waals surface area contributed by atoms with Gasteiger partial charge in [0.05, 0.1) is 23.9 Å². The third-order valence-electron chi connectivity index (χ3n) is 13.6. The van der Waals surface area contributed by atoms with Crippen molar-refractivity contribution in [2.24, 2.45) is 28.8 Å². The van der Waals surface area contributed by atoms with Crippen LogP contribution in [0.1, 0.15) is 91.8 Å². The van der Waals surface area contributed by atoms with Crippen LogP contribution < -0.4 is 18.9 Å². The maximum atomic E-state index is 15.0. The molecule has 12 heteroatoms. The number of hydrogen-bond donors (Lipinski definition) is 2. The van der Waals surface area contributed by atoms with Gasteiger partial charge in [-0.15, -0.1) is 6.58 Å². The highest BCUT2D eigenvalue weighted by molar-refractivity contribution is 6.03. The number of fused-ring (bicyclic) bond motifs is 3. The highest BCUT2D eigenvalue weighted by Crippen LogP contribution is 2.62. The molecule has 0 saturated heterocycles. The molecular weight excluding hydrogens is 823 g/mol. The minimum absolute atomic E-state index is 0.0443. The van der Waals surface area contributed by atoms with Gasteiger partial charge < -0.3 is 43.6 Å². The lowest BCUT2D eigenvalue weighted by atomic mass is 9.55. The van der Waals surface area contributed by atoms with E-state index in [4.69, 9.17) is 33.7 Å². The fraction of sp³-hybridized carbons (Fsp3) is 0.453. The van der Waals surface area contributed by atoms with Gasteiger partial charge >= 0.3 is 0 Å². The number of carbonyl (C=O) groups is 1. The molecule has 2 aliphatic heterocycles. The number of hydrogen-bond acceptors (Lipinski definition) is 11. The third-order valence-corrected chi connectivity index (χ3v) is 13.6. The second-order valence-corrected chi connectivity index (χ2v) is 18.0. The summed E-state index contributed by atoms with van der Waals surface area (Å²) in [5.74, 6) is 0.770. The maximum Gasteiger partial charge on any atom is 0.239 e. The van der Waals surface area contributed by atoms with Gasteiger partial charge in [0, 0.05) is 49.3 Å². The topological polar surface area (TPSA) is 141 Å². The monoisotopic (exact) mass is 883 g/mol. The van der Waals surface area contributed by atoms with E-state index < -0.39 is 17.7 Å². The number of unbranched alkanes of at least 4 members (excludes halogenated alkanes) is 2. The zero-order valence-corrected chi connectivity index (χ0v) is 37.3. The summed E-state index contributed by atoms with van der Waals surface area (Å²) in [5, 5.41) is 25.1. The minimum atomic E-state index is -1.38. The van der Waals surface area contributed by atoms with Gasteiger partial charge in [0.15, 0.2) is 11.5 Å². The van der Waals surface area contributed by atoms with Crippen molar-refractivity contribution in [1.29, 1.82) is 0 Å². The number of rotatable bonds is 21. The Kier molecular flexibility index (Phi) is 13.8. The molecule has 0 spiro atoms. The van der Waals surface area contributed by atoms with Crippen LogP contribution in [0.2, 0.25) is 0 Å². The predicted molar refractivity (Wildman–Crippen MR) is 245 cm³/mol. The Labute approximate surface area is 381 Å². The van der Waals surface area contributed by atoms with Gasteiger partial charge in [-0.2, -0.15) is 0 Å². The van der Waals surface area contributed by atoms with Gasteiger partial charge in [-0.25, -0.2) is 0 Å². The SMILES string of the molecule is C=CCO[C@@]12Oc3ccc(OCc4cccc(C)n4)cc3[C@H]3[C@H](CCCCO)[C@@H](CCCCO)C=C(C(=NOCc4ccccc4)C[C@@H]1N(Cc1ccc4c(c1)OCO4)C(=O)C1CC1)[C@H]32. The first-order valence-electron chi connectivity index (χ1n) is 23.4.